The van der Waals surface area contributed by atoms with E-state index in [4.69, 9.17) is 9.15 Å². The Hall–Kier alpha value is -3.14. The predicted molar refractivity (Wildman–Crippen MR) is 104 cm³/mol. The Balaban J connectivity index is 1.79. The minimum atomic E-state index is -0.425. The molecule has 4 heteroatoms. The molecule has 0 N–H and O–H groups in total. The first-order chi connectivity index (χ1) is 12.7. The molecule has 0 aliphatic heterocycles. The largest absolute Gasteiger partial charge is 0.494 e. The van der Waals surface area contributed by atoms with Gasteiger partial charge in [0.15, 0.2) is 0 Å². The molecule has 0 fully saturated rings. The zero-order chi connectivity index (χ0) is 18.2. The summed E-state index contributed by atoms with van der Waals surface area (Å²) in [5.41, 5.74) is 1.91. The summed E-state index contributed by atoms with van der Waals surface area (Å²) < 4.78 is 10.9. The highest BCUT2D eigenvalue weighted by atomic mass is 16.5. The van der Waals surface area contributed by atoms with E-state index in [-0.39, 0.29) is 0 Å². The Morgan fingerprint density at radius 3 is 2.54 bits per heavy atom. The van der Waals surface area contributed by atoms with E-state index >= 15 is 0 Å². The lowest BCUT2D eigenvalue weighted by molar-refractivity contribution is 0.309. The smallest absolute Gasteiger partial charge is 0.339 e. The lowest BCUT2D eigenvalue weighted by atomic mass is 10.2. The molecule has 0 aliphatic carbocycles. The summed E-state index contributed by atoms with van der Waals surface area (Å²) in [6.45, 7) is 2.82. The Kier molecular flexibility index (Phi) is 5.99. The summed E-state index contributed by atoms with van der Waals surface area (Å²) in [6, 6.07) is 18.6. The van der Waals surface area contributed by atoms with Gasteiger partial charge in [0.05, 0.1) is 12.3 Å². The zero-order valence-electron chi connectivity index (χ0n) is 14.7. The van der Waals surface area contributed by atoms with Crippen molar-refractivity contribution in [2.45, 2.75) is 19.8 Å². The van der Waals surface area contributed by atoms with Crippen LogP contribution < -0.4 is 10.4 Å². The molecule has 0 radical (unpaired) electrons. The number of aromatic nitrogens is 1. The summed E-state index contributed by atoms with van der Waals surface area (Å²) in [5.74, 6) is 1.09. The van der Waals surface area contributed by atoms with Gasteiger partial charge >= 0.3 is 5.63 Å². The van der Waals surface area contributed by atoms with Crippen LogP contribution in [-0.4, -0.2) is 11.6 Å². The van der Waals surface area contributed by atoms with Crippen molar-refractivity contribution < 1.29 is 9.15 Å². The molecule has 4 nitrogen and oxygen atoms in total. The molecule has 1 aromatic heterocycles. The third-order valence-electron chi connectivity index (χ3n) is 3.81. The van der Waals surface area contributed by atoms with E-state index in [1.807, 2.05) is 60.7 Å². The lowest BCUT2D eigenvalue weighted by Crippen LogP contribution is -2.02. The molecule has 0 aliphatic rings. The molecule has 0 saturated heterocycles. The van der Waals surface area contributed by atoms with Crippen molar-refractivity contribution in [2.24, 2.45) is 0 Å². The van der Waals surface area contributed by atoms with E-state index in [0.29, 0.717) is 18.2 Å². The summed E-state index contributed by atoms with van der Waals surface area (Å²) in [4.78, 5) is 16.3. The number of unbranched alkanes of at least 4 members (excludes halogenated alkanes) is 1. The van der Waals surface area contributed by atoms with Gasteiger partial charge in [-0.3, -0.25) is 0 Å². The van der Waals surface area contributed by atoms with Crippen LogP contribution in [0, 0.1) is 0 Å². The van der Waals surface area contributed by atoms with E-state index in [0.717, 1.165) is 29.7 Å². The first-order valence-electron chi connectivity index (χ1n) is 8.73. The lowest BCUT2D eigenvalue weighted by Gasteiger charge is -2.06. The van der Waals surface area contributed by atoms with Crippen molar-refractivity contribution in [2.75, 3.05) is 6.61 Å². The maximum Gasteiger partial charge on any atom is 0.339 e. The molecular weight excluding hydrogens is 326 g/mol. The Morgan fingerprint density at radius 2 is 1.81 bits per heavy atom. The van der Waals surface area contributed by atoms with E-state index in [9.17, 15) is 4.79 Å². The topological polar surface area (TPSA) is 52.3 Å². The molecule has 0 atom stereocenters. The van der Waals surface area contributed by atoms with Crippen LogP contribution in [0.1, 0.15) is 31.0 Å². The first-order valence-corrected chi connectivity index (χ1v) is 8.73. The van der Waals surface area contributed by atoms with Gasteiger partial charge in [0, 0.05) is 11.6 Å². The first kappa shape index (κ1) is 17.7. The van der Waals surface area contributed by atoms with Crippen LogP contribution in [0.2, 0.25) is 0 Å². The fourth-order valence-corrected chi connectivity index (χ4v) is 2.40. The minimum Gasteiger partial charge on any atom is -0.494 e. The molecule has 0 saturated carbocycles. The normalized spacial score (nSPS) is 11.0. The third-order valence-corrected chi connectivity index (χ3v) is 3.81. The average molecular weight is 347 g/mol. The molecule has 0 unspecified atom stereocenters. The molecule has 3 aromatic rings. The van der Waals surface area contributed by atoms with Crippen LogP contribution in [0.25, 0.3) is 23.6 Å². The molecular formula is C22H21NO3. The second kappa shape index (κ2) is 8.81. The van der Waals surface area contributed by atoms with E-state index in [1.165, 1.54) is 6.07 Å². The van der Waals surface area contributed by atoms with Crippen LogP contribution in [0.5, 0.6) is 5.75 Å². The van der Waals surface area contributed by atoms with Crippen LogP contribution in [0.4, 0.5) is 0 Å². The number of hydrogen-bond acceptors (Lipinski definition) is 4. The van der Waals surface area contributed by atoms with Crippen LogP contribution in [0.3, 0.4) is 0 Å². The van der Waals surface area contributed by atoms with Crippen LogP contribution in [0.15, 0.2) is 69.9 Å². The third kappa shape index (κ3) is 4.93. The van der Waals surface area contributed by atoms with Crippen LogP contribution >= 0.6 is 0 Å². The molecule has 0 amide bonds. The Labute approximate surface area is 152 Å². The Morgan fingerprint density at radius 1 is 1.04 bits per heavy atom. The number of nitrogens with zero attached hydrogens (tertiary/aromatic N) is 1. The van der Waals surface area contributed by atoms with Gasteiger partial charge in [-0.05, 0) is 42.3 Å². The maximum atomic E-state index is 11.9. The fraction of sp³-hybridized carbons (Fsp3) is 0.182. The fourth-order valence-electron chi connectivity index (χ4n) is 2.40. The van der Waals surface area contributed by atoms with Gasteiger partial charge in [-0.1, -0.05) is 49.8 Å². The standard InChI is InChI=1S/C22H21NO3/c1-2-3-15-25-20-13-10-18(11-14-20)22-23-19(16-21(24)26-22)12-9-17-7-5-4-6-8-17/h4-14,16H,2-3,15H2,1H3. The predicted octanol–water partition coefficient (Wildman–Crippen LogP) is 5.05. The maximum absolute atomic E-state index is 11.9. The number of rotatable bonds is 7. The van der Waals surface area contributed by atoms with Crippen molar-refractivity contribution in [1.82, 2.24) is 4.98 Å². The molecule has 1 heterocycles. The van der Waals surface area contributed by atoms with Crippen molar-refractivity contribution in [3.8, 4) is 17.2 Å². The van der Waals surface area contributed by atoms with Crippen molar-refractivity contribution in [3.05, 3.63) is 82.3 Å². The average Bonchev–Trinajstić information content (AvgIpc) is 2.67. The number of hydrogen-bond donors (Lipinski definition) is 0. The van der Waals surface area contributed by atoms with Gasteiger partial charge in [-0.25, -0.2) is 9.78 Å². The van der Waals surface area contributed by atoms with Gasteiger partial charge in [0.1, 0.15) is 5.75 Å². The van der Waals surface area contributed by atoms with Gasteiger partial charge < -0.3 is 9.15 Å². The summed E-state index contributed by atoms with van der Waals surface area (Å²) >= 11 is 0. The van der Waals surface area contributed by atoms with Crippen molar-refractivity contribution >= 4 is 12.2 Å². The summed E-state index contributed by atoms with van der Waals surface area (Å²) in [6.07, 6.45) is 5.83. The van der Waals surface area contributed by atoms with Gasteiger partial charge in [0.25, 0.3) is 0 Å². The molecule has 0 spiro atoms. The van der Waals surface area contributed by atoms with Crippen molar-refractivity contribution in [3.63, 3.8) is 0 Å². The van der Waals surface area contributed by atoms with E-state index in [2.05, 4.69) is 11.9 Å². The molecule has 3 rings (SSSR count). The molecule has 26 heavy (non-hydrogen) atoms. The summed E-state index contributed by atoms with van der Waals surface area (Å²) in [7, 11) is 0. The summed E-state index contributed by atoms with van der Waals surface area (Å²) in [5, 5.41) is 0. The SMILES string of the molecule is CCCCOc1ccc(-c2nc(C=Cc3ccccc3)cc(=O)o2)cc1. The Bertz CT molecular complexity index is 912. The van der Waals surface area contributed by atoms with Gasteiger partial charge in [0.2, 0.25) is 5.89 Å². The second-order valence-corrected chi connectivity index (χ2v) is 5.88. The number of benzene rings is 2. The minimum absolute atomic E-state index is 0.297. The molecule has 0 bridgehead atoms. The van der Waals surface area contributed by atoms with Gasteiger partial charge in [-0.2, -0.15) is 0 Å². The monoisotopic (exact) mass is 347 g/mol. The highest BCUT2D eigenvalue weighted by Gasteiger charge is 2.06. The zero-order valence-corrected chi connectivity index (χ0v) is 14.7. The van der Waals surface area contributed by atoms with Gasteiger partial charge in [-0.15, -0.1) is 0 Å². The molecule has 2 aromatic carbocycles. The highest BCUT2D eigenvalue weighted by molar-refractivity contribution is 5.68. The van der Waals surface area contributed by atoms with Crippen molar-refractivity contribution in [1.29, 1.82) is 0 Å². The second-order valence-electron chi connectivity index (χ2n) is 5.88. The van der Waals surface area contributed by atoms with E-state index < -0.39 is 5.63 Å². The quantitative estimate of drug-likeness (QED) is 0.561. The molecule has 132 valence electrons. The number of ether oxygens (including phenoxy) is 1. The van der Waals surface area contributed by atoms with Crippen LogP contribution in [-0.2, 0) is 0 Å². The van der Waals surface area contributed by atoms with E-state index in [1.54, 1.807) is 6.08 Å². The highest BCUT2D eigenvalue weighted by Crippen LogP contribution is 2.20.